The van der Waals surface area contributed by atoms with Crippen LogP contribution in [0.3, 0.4) is 0 Å². The quantitative estimate of drug-likeness (QED) is 0.882. The molecule has 1 fully saturated rings. The highest BCUT2D eigenvalue weighted by molar-refractivity contribution is 6.31. The van der Waals surface area contributed by atoms with Crippen molar-refractivity contribution in [1.29, 1.82) is 0 Å². The zero-order valence-electron chi connectivity index (χ0n) is 13.2. The molecular weight excluding hydrogens is 286 g/mol. The molecule has 0 amide bonds. The lowest BCUT2D eigenvalue weighted by Gasteiger charge is -2.37. The summed E-state index contributed by atoms with van der Waals surface area (Å²) in [5.74, 6) is 1.44. The van der Waals surface area contributed by atoms with Crippen LogP contribution in [-0.2, 0) is 5.41 Å². The standard InChI is InChI=1S/C17H26ClNO2/c1-12(2)21-16-9-13(14(18)10-15(16)20-3)17(11-19)7-5-4-6-8-17/h9-10,12H,4-8,11,19H2,1-3H3. The zero-order chi connectivity index (χ0) is 15.5. The van der Waals surface area contributed by atoms with Crippen molar-refractivity contribution in [2.24, 2.45) is 5.73 Å². The Labute approximate surface area is 132 Å². The number of hydrogen-bond acceptors (Lipinski definition) is 3. The van der Waals surface area contributed by atoms with Gasteiger partial charge in [0.15, 0.2) is 11.5 Å². The van der Waals surface area contributed by atoms with Crippen LogP contribution in [0.15, 0.2) is 12.1 Å². The Morgan fingerprint density at radius 3 is 2.38 bits per heavy atom. The Balaban J connectivity index is 2.46. The summed E-state index contributed by atoms with van der Waals surface area (Å²) in [5, 5.41) is 0.732. The fourth-order valence-electron chi connectivity index (χ4n) is 3.26. The van der Waals surface area contributed by atoms with E-state index in [9.17, 15) is 0 Å². The van der Waals surface area contributed by atoms with Crippen LogP contribution >= 0.6 is 11.6 Å². The number of halogens is 1. The van der Waals surface area contributed by atoms with Gasteiger partial charge < -0.3 is 15.2 Å². The minimum absolute atomic E-state index is 0.0172. The van der Waals surface area contributed by atoms with E-state index in [1.165, 1.54) is 19.3 Å². The Kier molecular flexibility index (Phi) is 5.39. The molecule has 4 heteroatoms. The predicted molar refractivity (Wildman–Crippen MR) is 87.6 cm³/mol. The first kappa shape index (κ1) is 16.4. The molecule has 1 aliphatic rings. The molecule has 0 aromatic heterocycles. The fraction of sp³-hybridized carbons (Fsp3) is 0.647. The molecule has 118 valence electrons. The van der Waals surface area contributed by atoms with E-state index in [0.29, 0.717) is 12.3 Å². The lowest BCUT2D eigenvalue weighted by atomic mass is 9.69. The summed E-state index contributed by atoms with van der Waals surface area (Å²) in [6.45, 7) is 4.64. The molecule has 21 heavy (non-hydrogen) atoms. The van der Waals surface area contributed by atoms with Crippen LogP contribution in [0.4, 0.5) is 0 Å². The van der Waals surface area contributed by atoms with Crippen molar-refractivity contribution in [3.8, 4) is 11.5 Å². The van der Waals surface area contributed by atoms with E-state index < -0.39 is 0 Å². The third kappa shape index (κ3) is 3.46. The maximum atomic E-state index is 6.53. The molecule has 0 saturated heterocycles. The molecule has 0 aliphatic heterocycles. The second-order valence-electron chi connectivity index (χ2n) is 6.19. The maximum Gasteiger partial charge on any atom is 0.162 e. The molecule has 1 saturated carbocycles. The van der Waals surface area contributed by atoms with Gasteiger partial charge in [-0.2, -0.15) is 0 Å². The Morgan fingerprint density at radius 1 is 1.19 bits per heavy atom. The second-order valence-corrected chi connectivity index (χ2v) is 6.60. The largest absolute Gasteiger partial charge is 0.493 e. The number of methoxy groups -OCH3 is 1. The molecule has 2 N–H and O–H groups in total. The first-order valence-corrected chi connectivity index (χ1v) is 8.15. The summed E-state index contributed by atoms with van der Waals surface area (Å²) < 4.78 is 11.3. The predicted octanol–water partition coefficient (Wildman–Crippen LogP) is 4.30. The summed E-state index contributed by atoms with van der Waals surface area (Å²) in [6.07, 6.45) is 5.98. The van der Waals surface area contributed by atoms with Gasteiger partial charge in [0.25, 0.3) is 0 Å². The van der Waals surface area contributed by atoms with E-state index >= 15 is 0 Å². The van der Waals surface area contributed by atoms with E-state index in [1.807, 2.05) is 26.0 Å². The third-order valence-electron chi connectivity index (χ3n) is 4.39. The van der Waals surface area contributed by atoms with Gasteiger partial charge in [0.05, 0.1) is 13.2 Å². The molecule has 0 radical (unpaired) electrons. The zero-order valence-corrected chi connectivity index (χ0v) is 14.0. The number of ether oxygens (including phenoxy) is 2. The summed E-state index contributed by atoms with van der Waals surface area (Å²) in [4.78, 5) is 0. The van der Waals surface area contributed by atoms with Crippen LogP contribution in [0.5, 0.6) is 11.5 Å². The Morgan fingerprint density at radius 2 is 1.86 bits per heavy atom. The maximum absolute atomic E-state index is 6.53. The summed E-state index contributed by atoms with van der Waals surface area (Å²) in [6, 6.07) is 3.90. The second kappa shape index (κ2) is 6.89. The van der Waals surface area contributed by atoms with Gasteiger partial charge in [-0.3, -0.25) is 0 Å². The molecule has 2 rings (SSSR count). The van der Waals surface area contributed by atoms with Crippen LogP contribution in [0.2, 0.25) is 5.02 Å². The van der Waals surface area contributed by atoms with Gasteiger partial charge in [0.1, 0.15) is 0 Å². The van der Waals surface area contributed by atoms with Gasteiger partial charge in [-0.25, -0.2) is 0 Å². The molecule has 1 aliphatic carbocycles. The van der Waals surface area contributed by atoms with Crippen LogP contribution in [0.25, 0.3) is 0 Å². The van der Waals surface area contributed by atoms with Gasteiger partial charge in [-0.05, 0) is 38.3 Å². The molecule has 0 heterocycles. The van der Waals surface area contributed by atoms with Crippen LogP contribution in [-0.4, -0.2) is 19.8 Å². The van der Waals surface area contributed by atoms with Gasteiger partial charge in [0.2, 0.25) is 0 Å². The Hall–Kier alpha value is -0.930. The van der Waals surface area contributed by atoms with Gasteiger partial charge >= 0.3 is 0 Å². The summed E-state index contributed by atoms with van der Waals surface area (Å²) in [5.41, 5.74) is 7.23. The molecule has 0 unspecified atom stereocenters. The smallest absolute Gasteiger partial charge is 0.162 e. The normalized spacial score (nSPS) is 17.8. The summed E-state index contributed by atoms with van der Waals surface area (Å²) in [7, 11) is 1.64. The van der Waals surface area contributed by atoms with E-state index in [1.54, 1.807) is 7.11 Å². The van der Waals surface area contributed by atoms with E-state index in [0.717, 1.165) is 29.2 Å². The lowest BCUT2D eigenvalue weighted by molar-refractivity contribution is 0.228. The molecule has 1 aromatic rings. The van der Waals surface area contributed by atoms with E-state index in [2.05, 4.69) is 0 Å². The molecule has 1 aromatic carbocycles. The van der Waals surface area contributed by atoms with Gasteiger partial charge in [-0.1, -0.05) is 30.9 Å². The number of rotatable bonds is 5. The van der Waals surface area contributed by atoms with Gasteiger partial charge in [0, 0.05) is 23.0 Å². The molecule has 0 atom stereocenters. The van der Waals surface area contributed by atoms with Crippen molar-refractivity contribution < 1.29 is 9.47 Å². The highest BCUT2D eigenvalue weighted by Gasteiger charge is 2.35. The lowest BCUT2D eigenvalue weighted by Crippen LogP contribution is -2.37. The molecule has 3 nitrogen and oxygen atoms in total. The van der Waals surface area contributed by atoms with E-state index in [4.69, 9.17) is 26.8 Å². The summed E-state index contributed by atoms with van der Waals surface area (Å²) >= 11 is 6.53. The number of benzene rings is 1. The van der Waals surface area contributed by atoms with Crippen molar-refractivity contribution in [2.75, 3.05) is 13.7 Å². The van der Waals surface area contributed by atoms with Crippen LogP contribution < -0.4 is 15.2 Å². The fourth-order valence-corrected chi connectivity index (χ4v) is 3.61. The third-order valence-corrected chi connectivity index (χ3v) is 4.70. The Bertz CT molecular complexity index is 482. The van der Waals surface area contributed by atoms with Crippen molar-refractivity contribution in [1.82, 2.24) is 0 Å². The molecular formula is C17H26ClNO2. The van der Waals surface area contributed by atoms with Crippen molar-refractivity contribution >= 4 is 11.6 Å². The van der Waals surface area contributed by atoms with Crippen molar-refractivity contribution in [3.05, 3.63) is 22.7 Å². The van der Waals surface area contributed by atoms with Crippen LogP contribution in [0.1, 0.15) is 51.5 Å². The first-order valence-electron chi connectivity index (χ1n) is 7.77. The van der Waals surface area contributed by atoms with Gasteiger partial charge in [-0.15, -0.1) is 0 Å². The topological polar surface area (TPSA) is 44.5 Å². The van der Waals surface area contributed by atoms with Crippen molar-refractivity contribution in [3.63, 3.8) is 0 Å². The first-order chi connectivity index (χ1) is 10.0. The average Bonchev–Trinajstić information content (AvgIpc) is 2.48. The van der Waals surface area contributed by atoms with E-state index in [-0.39, 0.29) is 11.5 Å². The SMILES string of the molecule is COc1cc(Cl)c(C2(CN)CCCCC2)cc1OC(C)C. The molecule has 0 bridgehead atoms. The highest BCUT2D eigenvalue weighted by Crippen LogP contribution is 2.45. The van der Waals surface area contributed by atoms with Crippen LogP contribution in [0, 0.1) is 0 Å². The minimum atomic E-state index is -0.0172. The molecule has 0 spiro atoms. The number of hydrogen-bond donors (Lipinski definition) is 1. The van der Waals surface area contributed by atoms with Crippen molar-refractivity contribution in [2.45, 2.75) is 57.5 Å². The average molecular weight is 312 g/mol. The monoisotopic (exact) mass is 311 g/mol. The number of nitrogens with two attached hydrogens (primary N) is 1. The highest BCUT2D eigenvalue weighted by atomic mass is 35.5. The minimum Gasteiger partial charge on any atom is -0.493 e.